The van der Waals surface area contributed by atoms with Crippen LogP contribution in [0.1, 0.15) is 18.1 Å². The largest absolute Gasteiger partial charge is 0.374 e. The van der Waals surface area contributed by atoms with Crippen LogP contribution in [0.5, 0.6) is 0 Å². The lowest BCUT2D eigenvalue weighted by molar-refractivity contribution is -0.153. The molecule has 31 heavy (non-hydrogen) atoms. The van der Waals surface area contributed by atoms with Crippen LogP contribution in [0.2, 0.25) is 0 Å². The fourth-order valence-corrected chi connectivity index (χ4v) is 3.51. The molecule has 1 N–H and O–H groups in total. The fraction of sp³-hybridized carbons (Fsp3) is 0.308. The van der Waals surface area contributed by atoms with Gasteiger partial charge in [0.1, 0.15) is 18.3 Å². The number of rotatable bonds is 10. The summed E-state index contributed by atoms with van der Waals surface area (Å²) in [5, 5.41) is 10.7. The first-order chi connectivity index (χ1) is 15.6. The molecule has 1 saturated heterocycles. The number of benzene rings is 3. The first kappa shape index (κ1) is 20.4. The van der Waals surface area contributed by atoms with Crippen LogP contribution in [0, 0.1) is 0 Å². The highest BCUT2D eigenvalue weighted by atomic mass is 16.7. The normalized spacial score (nSPS) is 26.0. The van der Waals surface area contributed by atoms with E-state index in [1.54, 1.807) is 0 Å². The third kappa shape index (κ3) is 6.23. The molecule has 0 amide bonds. The van der Waals surface area contributed by atoms with Gasteiger partial charge in [0.25, 0.3) is 0 Å². The van der Waals surface area contributed by atoms with Crippen molar-refractivity contribution in [2.24, 2.45) is 0 Å². The van der Waals surface area contributed by atoms with Crippen LogP contribution >= 0.6 is 0 Å². The summed E-state index contributed by atoms with van der Waals surface area (Å²) >= 11 is 0. The Morgan fingerprint density at radius 3 is 1.65 bits per heavy atom. The van der Waals surface area contributed by atoms with Gasteiger partial charge in [0.15, 0.2) is 6.27 Å². The highest BCUT2D eigenvalue weighted by molar-refractivity contribution is 5.15. The van der Waals surface area contributed by atoms with Crippen molar-refractivity contribution in [1.29, 1.82) is 0 Å². The van der Waals surface area contributed by atoms with E-state index in [0.29, 0.717) is 13.2 Å². The summed E-state index contributed by atoms with van der Waals surface area (Å²) in [6.45, 7) is 1.11. The lowest BCUT2D eigenvalue weighted by Gasteiger charge is -2.24. The average Bonchev–Trinajstić information content (AvgIpc) is 3.07. The summed E-state index contributed by atoms with van der Waals surface area (Å²) in [5.41, 5.74) is 2.96. The number of ether oxygens (including phenoxy) is 4. The highest BCUT2D eigenvalue weighted by Gasteiger charge is 2.45. The van der Waals surface area contributed by atoms with Gasteiger partial charge >= 0.3 is 0 Å². The van der Waals surface area contributed by atoms with Crippen molar-refractivity contribution in [3.8, 4) is 0 Å². The zero-order valence-corrected chi connectivity index (χ0v) is 17.3. The minimum absolute atomic E-state index is 0.167. The second-order valence-corrected chi connectivity index (χ2v) is 7.47. The van der Waals surface area contributed by atoms with Crippen molar-refractivity contribution in [1.82, 2.24) is 0 Å². The maximum absolute atomic E-state index is 10.7. The average molecular weight is 422 g/mol. The molecule has 5 nitrogen and oxygen atoms in total. The molecule has 4 rings (SSSR count). The number of aliphatic hydroxyl groups is 1. The Labute approximate surface area is 184 Å². The Bertz CT molecular complexity index is 936. The molecule has 5 heteroatoms. The van der Waals surface area contributed by atoms with Crippen molar-refractivity contribution in [3.63, 3.8) is 0 Å². The topological polar surface area (TPSA) is 57.2 Å². The van der Waals surface area contributed by atoms with Crippen LogP contribution in [-0.4, -0.2) is 36.3 Å². The molecule has 0 radical (unpaired) electrons. The molecule has 162 valence electrons. The lowest BCUT2D eigenvalue weighted by Crippen LogP contribution is -2.39. The lowest BCUT2D eigenvalue weighted by atomic mass is 10.1. The summed E-state index contributed by atoms with van der Waals surface area (Å²) in [7, 11) is 0. The maximum Gasteiger partial charge on any atom is 0.184 e. The van der Waals surface area contributed by atoms with Crippen molar-refractivity contribution in [2.45, 2.75) is 44.4 Å². The first-order valence-corrected chi connectivity index (χ1v) is 10.4. The van der Waals surface area contributed by atoms with E-state index in [2.05, 4.69) is 0 Å². The summed E-state index contributed by atoms with van der Waals surface area (Å²) in [4.78, 5) is 0. The molecule has 1 fully saturated rings. The Morgan fingerprint density at radius 2 is 1.13 bits per heavy atom. The van der Waals surface area contributed by atoms with Gasteiger partial charge in [0, 0.05) is 0 Å². The van der Waals surface area contributed by atoms with E-state index < -0.39 is 24.6 Å². The molecule has 0 aromatic heterocycles. The van der Waals surface area contributed by atoms with E-state index in [0.717, 1.165) is 16.7 Å². The summed E-state index contributed by atoms with van der Waals surface area (Å²) < 4.78 is 31.9. The van der Waals surface area contributed by atoms with Crippen LogP contribution in [0.4, 0.5) is 0 Å². The minimum atomic E-state index is -2.24. The van der Waals surface area contributed by atoms with Crippen LogP contribution in [0.15, 0.2) is 91.0 Å². The summed E-state index contributed by atoms with van der Waals surface area (Å²) in [6, 6.07) is 29.2. The van der Waals surface area contributed by atoms with Gasteiger partial charge < -0.3 is 24.1 Å². The Kier molecular flexibility index (Phi) is 7.35. The van der Waals surface area contributed by atoms with Gasteiger partial charge in [-0.25, -0.2) is 0 Å². The highest BCUT2D eigenvalue weighted by Crippen LogP contribution is 2.28. The van der Waals surface area contributed by atoms with Gasteiger partial charge in [-0.2, -0.15) is 0 Å². The minimum Gasteiger partial charge on any atom is -0.374 e. The molecule has 0 spiro atoms. The molecule has 1 aliphatic rings. The fourth-order valence-electron chi connectivity index (χ4n) is 3.51. The Balaban J connectivity index is 1.44. The molecule has 4 atom stereocenters. The third-order valence-corrected chi connectivity index (χ3v) is 5.13. The molecule has 3 aromatic carbocycles. The predicted molar refractivity (Wildman–Crippen MR) is 117 cm³/mol. The monoisotopic (exact) mass is 421 g/mol. The second-order valence-electron chi connectivity index (χ2n) is 7.47. The molecule has 0 aliphatic carbocycles. The maximum atomic E-state index is 10.7. The predicted octanol–water partition coefficient (Wildman–Crippen LogP) is 4.09. The van der Waals surface area contributed by atoms with E-state index >= 15 is 0 Å². The zero-order valence-electron chi connectivity index (χ0n) is 18.3. The van der Waals surface area contributed by atoms with Crippen LogP contribution in [0.25, 0.3) is 0 Å². The summed E-state index contributed by atoms with van der Waals surface area (Å²) in [5.74, 6) is 0. The van der Waals surface area contributed by atoms with Crippen molar-refractivity contribution in [3.05, 3.63) is 108 Å². The standard InChI is InChI=1S/C26H28O5/c27-26-25(30-18-22-14-8-3-9-15-22)24(29-17-21-12-6-2-7-13-21)23(31-26)19-28-16-20-10-4-1-5-11-20/h1-15,23-27H,16-19H2/t23-,24-,25-,26?/m1/s1/i26D. The van der Waals surface area contributed by atoms with Crippen LogP contribution in [0.3, 0.4) is 0 Å². The first-order valence-electron chi connectivity index (χ1n) is 10.9. The van der Waals surface area contributed by atoms with E-state index in [4.69, 9.17) is 20.3 Å². The SMILES string of the molecule is [2H]C1(O)O[C@H](COCc2ccccc2)[C@@H](OCc2ccccc2)[C@H]1OCc1ccccc1. The van der Waals surface area contributed by atoms with Crippen molar-refractivity contribution < 1.29 is 25.4 Å². The second kappa shape index (κ2) is 11.2. The number of hydrogen-bond acceptors (Lipinski definition) is 5. The zero-order chi connectivity index (χ0) is 22.2. The van der Waals surface area contributed by atoms with Crippen molar-refractivity contribution >= 4 is 0 Å². The molecule has 1 heterocycles. The molecular formula is C26H28O5. The van der Waals surface area contributed by atoms with Crippen molar-refractivity contribution in [2.75, 3.05) is 6.61 Å². The van der Waals surface area contributed by atoms with Gasteiger partial charge in [-0.05, 0) is 16.7 Å². The van der Waals surface area contributed by atoms with E-state index in [-0.39, 0.29) is 13.2 Å². The van der Waals surface area contributed by atoms with E-state index in [1.807, 2.05) is 91.0 Å². The molecular weight excluding hydrogens is 392 g/mol. The van der Waals surface area contributed by atoms with Gasteiger partial charge in [0.2, 0.25) is 0 Å². The Morgan fingerprint density at radius 1 is 0.677 bits per heavy atom. The van der Waals surface area contributed by atoms with Gasteiger partial charge in [-0.3, -0.25) is 0 Å². The Hall–Kier alpha value is -2.54. The van der Waals surface area contributed by atoms with Gasteiger partial charge in [-0.1, -0.05) is 91.0 Å². The van der Waals surface area contributed by atoms with Gasteiger partial charge in [0.05, 0.1) is 27.8 Å². The molecule has 0 saturated carbocycles. The van der Waals surface area contributed by atoms with E-state index in [9.17, 15) is 5.11 Å². The smallest absolute Gasteiger partial charge is 0.184 e. The number of hydrogen-bond donors (Lipinski definition) is 1. The van der Waals surface area contributed by atoms with Crippen LogP contribution < -0.4 is 0 Å². The van der Waals surface area contributed by atoms with E-state index in [1.165, 1.54) is 0 Å². The third-order valence-electron chi connectivity index (χ3n) is 5.13. The molecule has 0 bridgehead atoms. The van der Waals surface area contributed by atoms with Crippen LogP contribution in [-0.2, 0) is 38.8 Å². The van der Waals surface area contributed by atoms with Gasteiger partial charge in [-0.15, -0.1) is 0 Å². The summed E-state index contributed by atoms with van der Waals surface area (Å²) in [6.07, 6.45) is -4.55. The molecule has 1 unspecified atom stereocenters. The molecule has 3 aromatic rings. The molecule has 1 aliphatic heterocycles. The quantitative estimate of drug-likeness (QED) is 0.534.